The van der Waals surface area contributed by atoms with Gasteiger partial charge in [0, 0.05) is 5.92 Å². The van der Waals surface area contributed by atoms with Crippen molar-refractivity contribution in [1.29, 1.82) is 0 Å². The molecule has 0 saturated heterocycles. The van der Waals surface area contributed by atoms with E-state index in [0.717, 1.165) is 27.8 Å². The van der Waals surface area contributed by atoms with Crippen LogP contribution in [-0.2, 0) is 9.53 Å². The molecule has 1 atom stereocenters. The van der Waals surface area contributed by atoms with Crippen molar-refractivity contribution in [3.8, 4) is 16.9 Å². The smallest absolute Gasteiger partial charge is 0.407 e. The maximum atomic E-state index is 12.7. The van der Waals surface area contributed by atoms with Crippen LogP contribution >= 0.6 is 0 Å². The second-order valence-electron chi connectivity index (χ2n) is 7.84. The minimum atomic E-state index is -1.01. The van der Waals surface area contributed by atoms with E-state index >= 15 is 0 Å². The lowest BCUT2D eigenvalue weighted by Gasteiger charge is -2.21. The zero-order valence-corrected chi connectivity index (χ0v) is 18.0. The van der Waals surface area contributed by atoms with E-state index in [9.17, 15) is 14.7 Å². The Kier molecular flexibility index (Phi) is 6.12. The molecule has 0 aromatic heterocycles. The number of carboxylic acids is 1. The normalized spacial score (nSPS) is 13.1. The van der Waals surface area contributed by atoms with Gasteiger partial charge < -0.3 is 19.9 Å². The number of amides is 1. The average Bonchev–Trinajstić information content (AvgIpc) is 3.10. The number of nitrogens with one attached hydrogen (secondary N) is 1. The van der Waals surface area contributed by atoms with Crippen molar-refractivity contribution >= 4 is 12.1 Å². The number of hydrogen-bond acceptors (Lipinski definition) is 4. The van der Waals surface area contributed by atoms with Gasteiger partial charge in [0.1, 0.15) is 12.4 Å². The number of carbonyl (C=O) groups is 2. The van der Waals surface area contributed by atoms with E-state index in [4.69, 9.17) is 9.47 Å². The van der Waals surface area contributed by atoms with Crippen molar-refractivity contribution in [3.63, 3.8) is 0 Å². The van der Waals surface area contributed by atoms with Crippen LogP contribution in [-0.4, -0.2) is 30.9 Å². The van der Waals surface area contributed by atoms with E-state index in [-0.39, 0.29) is 18.9 Å². The molecule has 1 amide bonds. The third-order valence-corrected chi connectivity index (χ3v) is 5.87. The lowest BCUT2D eigenvalue weighted by atomic mass is 9.98. The Hall–Kier alpha value is -3.80. The van der Waals surface area contributed by atoms with Gasteiger partial charge in [0.25, 0.3) is 0 Å². The molecule has 3 aromatic rings. The summed E-state index contributed by atoms with van der Waals surface area (Å²) in [5.74, 6) is -0.403. The molecule has 0 radical (unpaired) electrons. The summed E-state index contributed by atoms with van der Waals surface area (Å²) in [6.07, 6.45) is -0.898. The Morgan fingerprint density at radius 3 is 2.19 bits per heavy atom. The summed E-state index contributed by atoms with van der Waals surface area (Å²) in [7, 11) is 1.57. The highest BCUT2D eigenvalue weighted by Crippen LogP contribution is 2.44. The molecular formula is C26H25NO5. The van der Waals surface area contributed by atoms with Gasteiger partial charge in [0.05, 0.1) is 19.6 Å². The monoisotopic (exact) mass is 431 g/mol. The summed E-state index contributed by atoms with van der Waals surface area (Å²) >= 11 is 0. The number of ether oxygens (including phenoxy) is 2. The van der Waals surface area contributed by atoms with Gasteiger partial charge in [-0.3, -0.25) is 4.79 Å². The second kappa shape index (κ2) is 9.14. The first-order valence-corrected chi connectivity index (χ1v) is 10.5. The fraction of sp³-hybridized carbons (Fsp3) is 0.231. The summed E-state index contributed by atoms with van der Waals surface area (Å²) < 4.78 is 10.8. The number of rotatable bonds is 7. The van der Waals surface area contributed by atoms with Crippen LogP contribution in [0.15, 0.2) is 66.7 Å². The van der Waals surface area contributed by atoms with Crippen LogP contribution in [0.25, 0.3) is 11.1 Å². The predicted molar refractivity (Wildman–Crippen MR) is 121 cm³/mol. The number of alkyl carbamates (subject to hydrolysis) is 1. The second-order valence-corrected chi connectivity index (χ2v) is 7.84. The van der Waals surface area contributed by atoms with E-state index in [2.05, 4.69) is 29.6 Å². The predicted octanol–water partition coefficient (Wildman–Crippen LogP) is 5.06. The van der Waals surface area contributed by atoms with Crippen LogP contribution in [0.4, 0.5) is 4.79 Å². The van der Waals surface area contributed by atoms with Gasteiger partial charge in [-0.05, 0) is 52.4 Å². The van der Waals surface area contributed by atoms with E-state index in [0.29, 0.717) is 11.3 Å². The van der Waals surface area contributed by atoms with Crippen LogP contribution in [0.2, 0.25) is 0 Å². The van der Waals surface area contributed by atoms with Crippen LogP contribution in [0.1, 0.15) is 40.6 Å². The van der Waals surface area contributed by atoms with E-state index in [1.807, 2.05) is 37.3 Å². The molecule has 0 bridgehead atoms. The highest BCUT2D eigenvalue weighted by Gasteiger charge is 2.29. The Morgan fingerprint density at radius 2 is 1.62 bits per heavy atom. The van der Waals surface area contributed by atoms with Crippen molar-refractivity contribution in [3.05, 3.63) is 89.0 Å². The maximum Gasteiger partial charge on any atom is 0.407 e. The molecule has 164 valence electrons. The molecular weight excluding hydrogens is 406 g/mol. The number of aryl methyl sites for hydroxylation is 1. The highest BCUT2D eigenvalue weighted by atomic mass is 16.5. The molecule has 32 heavy (non-hydrogen) atoms. The highest BCUT2D eigenvalue weighted by molar-refractivity contribution is 5.79. The zero-order valence-electron chi connectivity index (χ0n) is 18.0. The minimum absolute atomic E-state index is 0.0613. The maximum absolute atomic E-state index is 12.7. The van der Waals surface area contributed by atoms with Crippen LogP contribution < -0.4 is 10.1 Å². The van der Waals surface area contributed by atoms with Gasteiger partial charge in [0.2, 0.25) is 0 Å². The van der Waals surface area contributed by atoms with E-state index < -0.39 is 18.1 Å². The Bertz CT molecular complexity index is 1110. The number of methoxy groups -OCH3 is 1. The molecule has 6 nitrogen and oxygen atoms in total. The minimum Gasteiger partial charge on any atom is -0.497 e. The molecule has 0 fully saturated rings. The molecule has 3 aromatic carbocycles. The number of carbonyl (C=O) groups excluding carboxylic acids is 1. The number of aliphatic carboxylic acids is 1. The van der Waals surface area contributed by atoms with Gasteiger partial charge in [-0.25, -0.2) is 4.79 Å². The molecule has 6 heteroatoms. The molecule has 4 rings (SSSR count). The summed E-state index contributed by atoms with van der Waals surface area (Å²) in [6, 6.07) is 20.8. The first-order valence-electron chi connectivity index (χ1n) is 10.5. The van der Waals surface area contributed by atoms with Gasteiger partial charge >= 0.3 is 12.1 Å². The van der Waals surface area contributed by atoms with Crippen LogP contribution in [0.3, 0.4) is 0 Å². The van der Waals surface area contributed by atoms with Crippen LogP contribution in [0.5, 0.6) is 5.75 Å². The first kappa shape index (κ1) is 21.4. The third kappa shape index (κ3) is 4.30. The Labute approximate surface area is 186 Å². The third-order valence-electron chi connectivity index (χ3n) is 5.87. The molecule has 0 heterocycles. The summed E-state index contributed by atoms with van der Waals surface area (Å²) in [5.41, 5.74) is 6.07. The molecule has 2 N–H and O–H groups in total. The van der Waals surface area contributed by atoms with Crippen molar-refractivity contribution in [2.24, 2.45) is 0 Å². The van der Waals surface area contributed by atoms with Gasteiger partial charge in [0.15, 0.2) is 0 Å². The number of carboxylic acid groups (broad SMARTS) is 1. The first-order chi connectivity index (χ1) is 15.5. The molecule has 0 aliphatic heterocycles. The van der Waals surface area contributed by atoms with Crippen molar-refractivity contribution < 1.29 is 24.2 Å². The van der Waals surface area contributed by atoms with Crippen molar-refractivity contribution in [1.82, 2.24) is 5.32 Å². The molecule has 0 saturated carbocycles. The van der Waals surface area contributed by atoms with Gasteiger partial charge in [-0.1, -0.05) is 54.6 Å². The summed E-state index contributed by atoms with van der Waals surface area (Å²) in [5, 5.41) is 12.1. The summed E-state index contributed by atoms with van der Waals surface area (Å²) in [4.78, 5) is 24.1. The van der Waals surface area contributed by atoms with Crippen molar-refractivity contribution in [2.45, 2.75) is 25.3 Å². The SMILES string of the molecule is COc1ccc([C@@H](CC(=O)O)NC(=O)OCC2c3ccccc3-c3ccccc32)c(C)c1. The number of hydrogen-bond donors (Lipinski definition) is 2. The molecule has 1 aliphatic carbocycles. The van der Waals surface area contributed by atoms with Gasteiger partial charge in [-0.15, -0.1) is 0 Å². The standard InChI is InChI=1S/C26H25NO5/c1-16-13-17(31-2)11-12-18(16)24(14-25(28)29)27-26(30)32-15-23-21-9-5-3-7-19(21)20-8-4-6-10-22(20)23/h3-13,23-24H,14-15H2,1-2H3,(H,27,30)(H,28,29)/t24-/m1/s1. The Balaban J connectivity index is 1.49. The number of benzene rings is 3. The van der Waals surface area contributed by atoms with Gasteiger partial charge in [-0.2, -0.15) is 0 Å². The summed E-state index contributed by atoms with van der Waals surface area (Å²) in [6.45, 7) is 2.02. The zero-order chi connectivity index (χ0) is 22.7. The lowest BCUT2D eigenvalue weighted by molar-refractivity contribution is -0.137. The quantitative estimate of drug-likeness (QED) is 0.546. The number of fused-ring (bicyclic) bond motifs is 3. The molecule has 0 spiro atoms. The van der Waals surface area contributed by atoms with Crippen molar-refractivity contribution in [2.75, 3.05) is 13.7 Å². The van der Waals surface area contributed by atoms with Crippen LogP contribution in [0, 0.1) is 6.92 Å². The molecule has 1 aliphatic rings. The topological polar surface area (TPSA) is 84.9 Å². The van der Waals surface area contributed by atoms with E-state index in [1.54, 1.807) is 19.2 Å². The molecule has 0 unspecified atom stereocenters. The lowest BCUT2D eigenvalue weighted by Crippen LogP contribution is -2.32. The largest absolute Gasteiger partial charge is 0.497 e. The Morgan fingerprint density at radius 1 is 1.00 bits per heavy atom. The fourth-order valence-corrected chi connectivity index (χ4v) is 4.36. The van der Waals surface area contributed by atoms with E-state index in [1.165, 1.54) is 0 Å². The fourth-order valence-electron chi connectivity index (χ4n) is 4.36. The average molecular weight is 431 g/mol.